The highest BCUT2D eigenvalue weighted by Crippen LogP contribution is 2.24. The van der Waals surface area contributed by atoms with E-state index in [1.54, 1.807) is 4.90 Å². The molecule has 138 valence electrons. The lowest BCUT2D eigenvalue weighted by Gasteiger charge is -2.40. The number of primary amides is 1. The number of carbonyl (C=O) groups is 2. The van der Waals surface area contributed by atoms with Crippen LogP contribution in [0.2, 0.25) is 0 Å². The van der Waals surface area contributed by atoms with Crippen molar-refractivity contribution in [3.8, 4) is 0 Å². The van der Waals surface area contributed by atoms with Crippen LogP contribution in [-0.4, -0.2) is 47.7 Å². The summed E-state index contributed by atoms with van der Waals surface area (Å²) in [5, 5.41) is 3.34. The molecule has 0 aliphatic carbocycles. The van der Waals surface area contributed by atoms with E-state index in [1.807, 2.05) is 39.0 Å². The second-order valence-electron chi connectivity index (χ2n) is 7.58. The lowest BCUT2D eigenvalue weighted by Crippen LogP contribution is -2.61. The minimum atomic E-state index is -0.757. The van der Waals surface area contributed by atoms with Crippen molar-refractivity contribution in [1.29, 1.82) is 0 Å². The molecule has 6 heteroatoms. The smallest absolute Gasteiger partial charge is 0.410 e. The molecule has 0 atom stereocenters. The number of amides is 2. The highest BCUT2D eigenvalue weighted by molar-refractivity contribution is 5.85. The van der Waals surface area contributed by atoms with E-state index in [-0.39, 0.29) is 12.0 Å². The molecule has 0 radical (unpaired) electrons. The Kier molecular flexibility index (Phi) is 6.06. The lowest BCUT2D eigenvalue weighted by molar-refractivity contribution is -0.126. The van der Waals surface area contributed by atoms with Crippen LogP contribution in [0.15, 0.2) is 30.3 Å². The van der Waals surface area contributed by atoms with Crippen LogP contribution in [0, 0.1) is 0 Å². The Morgan fingerprint density at radius 2 is 1.80 bits per heavy atom. The monoisotopic (exact) mass is 347 g/mol. The number of nitrogens with zero attached hydrogens (tertiary/aromatic N) is 1. The third kappa shape index (κ3) is 5.46. The number of hydrogen-bond donors (Lipinski definition) is 2. The Bertz CT molecular complexity index is 588. The van der Waals surface area contributed by atoms with Gasteiger partial charge in [0.1, 0.15) is 11.1 Å². The SMILES string of the molecule is CC(C)(C)OC(=O)N1CCC(NCCc2ccccc2)(C(N)=O)CC1. The highest BCUT2D eigenvalue weighted by Gasteiger charge is 2.41. The van der Waals surface area contributed by atoms with Gasteiger partial charge in [-0.3, -0.25) is 4.79 Å². The number of nitrogens with two attached hydrogens (primary N) is 1. The number of piperidine rings is 1. The van der Waals surface area contributed by atoms with Gasteiger partial charge in [0.15, 0.2) is 0 Å². The first kappa shape index (κ1) is 19.2. The van der Waals surface area contributed by atoms with Gasteiger partial charge in [-0.2, -0.15) is 0 Å². The maximum Gasteiger partial charge on any atom is 0.410 e. The second kappa shape index (κ2) is 7.87. The predicted octanol–water partition coefficient (Wildman–Crippen LogP) is 2.07. The van der Waals surface area contributed by atoms with Gasteiger partial charge in [-0.15, -0.1) is 0 Å². The van der Waals surface area contributed by atoms with Crippen LogP contribution in [0.1, 0.15) is 39.2 Å². The number of nitrogens with one attached hydrogen (secondary N) is 1. The molecule has 1 aromatic carbocycles. The molecule has 1 aliphatic rings. The summed E-state index contributed by atoms with van der Waals surface area (Å²) in [5.74, 6) is -0.357. The number of benzene rings is 1. The van der Waals surface area contributed by atoms with E-state index in [9.17, 15) is 9.59 Å². The first-order valence-electron chi connectivity index (χ1n) is 8.79. The Balaban J connectivity index is 1.89. The molecule has 1 aliphatic heterocycles. The number of ether oxygens (including phenoxy) is 1. The molecular weight excluding hydrogens is 318 g/mol. The molecule has 0 unspecified atom stereocenters. The number of rotatable bonds is 5. The van der Waals surface area contributed by atoms with Gasteiger partial charge >= 0.3 is 6.09 Å². The summed E-state index contributed by atoms with van der Waals surface area (Å²) in [6.45, 7) is 7.10. The first-order chi connectivity index (χ1) is 11.7. The Labute approximate surface area is 149 Å². The van der Waals surface area contributed by atoms with Crippen LogP contribution >= 0.6 is 0 Å². The Morgan fingerprint density at radius 1 is 1.20 bits per heavy atom. The molecule has 0 bridgehead atoms. The number of likely N-dealkylation sites (tertiary alicyclic amines) is 1. The summed E-state index contributed by atoms with van der Waals surface area (Å²) in [7, 11) is 0. The van der Waals surface area contributed by atoms with E-state index < -0.39 is 11.1 Å². The molecule has 2 rings (SSSR count). The molecule has 0 aromatic heterocycles. The van der Waals surface area contributed by atoms with Crippen molar-refractivity contribution >= 4 is 12.0 Å². The number of carbonyl (C=O) groups excluding carboxylic acids is 2. The quantitative estimate of drug-likeness (QED) is 0.854. The summed E-state index contributed by atoms with van der Waals surface area (Å²) in [6.07, 6.45) is 1.48. The van der Waals surface area contributed by atoms with E-state index in [4.69, 9.17) is 10.5 Å². The fourth-order valence-corrected chi connectivity index (χ4v) is 3.00. The molecule has 0 saturated carbocycles. The molecule has 2 amide bonds. The van der Waals surface area contributed by atoms with Crippen LogP contribution in [-0.2, 0) is 16.0 Å². The van der Waals surface area contributed by atoms with Crippen LogP contribution in [0.25, 0.3) is 0 Å². The van der Waals surface area contributed by atoms with Crippen molar-refractivity contribution in [3.05, 3.63) is 35.9 Å². The lowest BCUT2D eigenvalue weighted by atomic mass is 9.86. The van der Waals surface area contributed by atoms with Crippen molar-refractivity contribution < 1.29 is 14.3 Å². The maximum atomic E-state index is 12.2. The second-order valence-corrected chi connectivity index (χ2v) is 7.58. The van der Waals surface area contributed by atoms with Crippen LogP contribution in [0.3, 0.4) is 0 Å². The zero-order chi connectivity index (χ0) is 18.5. The highest BCUT2D eigenvalue weighted by atomic mass is 16.6. The third-order valence-corrected chi connectivity index (χ3v) is 4.46. The summed E-state index contributed by atoms with van der Waals surface area (Å²) in [4.78, 5) is 25.9. The molecule has 1 aromatic rings. The van der Waals surface area contributed by atoms with E-state index >= 15 is 0 Å². The summed E-state index contributed by atoms with van der Waals surface area (Å²) in [6, 6.07) is 10.1. The molecule has 25 heavy (non-hydrogen) atoms. The van der Waals surface area contributed by atoms with Crippen molar-refractivity contribution in [3.63, 3.8) is 0 Å². The van der Waals surface area contributed by atoms with E-state index in [2.05, 4.69) is 17.4 Å². The van der Waals surface area contributed by atoms with E-state index in [0.717, 1.165) is 6.42 Å². The minimum absolute atomic E-state index is 0.338. The van der Waals surface area contributed by atoms with Crippen molar-refractivity contribution in [2.45, 2.75) is 51.2 Å². The molecule has 1 fully saturated rings. The predicted molar refractivity (Wildman–Crippen MR) is 97.1 cm³/mol. The first-order valence-corrected chi connectivity index (χ1v) is 8.79. The van der Waals surface area contributed by atoms with Crippen LogP contribution in [0.5, 0.6) is 0 Å². The Hall–Kier alpha value is -2.08. The average Bonchev–Trinajstić information content (AvgIpc) is 2.54. The van der Waals surface area contributed by atoms with Crippen molar-refractivity contribution in [1.82, 2.24) is 10.2 Å². The van der Waals surface area contributed by atoms with Gasteiger partial charge in [0.2, 0.25) is 5.91 Å². The van der Waals surface area contributed by atoms with Crippen molar-refractivity contribution in [2.75, 3.05) is 19.6 Å². The van der Waals surface area contributed by atoms with Gasteiger partial charge < -0.3 is 20.7 Å². The van der Waals surface area contributed by atoms with Gasteiger partial charge in [-0.05, 0) is 45.6 Å². The fourth-order valence-electron chi connectivity index (χ4n) is 3.00. The molecule has 6 nitrogen and oxygen atoms in total. The zero-order valence-corrected chi connectivity index (χ0v) is 15.4. The van der Waals surface area contributed by atoms with Crippen LogP contribution < -0.4 is 11.1 Å². The number of hydrogen-bond acceptors (Lipinski definition) is 4. The normalized spacial score (nSPS) is 17.2. The molecule has 1 heterocycles. The third-order valence-electron chi connectivity index (χ3n) is 4.46. The van der Waals surface area contributed by atoms with Crippen molar-refractivity contribution in [2.24, 2.45) is 5.73 Å². The average molecular weight is 347 g/mol. The summed E-state index contributed by atoms with van der Waals surface area (Å²) < 4.78 is 5.40. The van der Waals surface area contributed by atoms with E-state index in [0.29, 0.717) is 32.5 Å². The minimum Gasteiger partial charge on any atom is -0.444 e. The fraction of sp³-hybridized carbons (Fsp3) is 0.579. The summed E-state index contributed by atoms with van der Waals surface area (Å²) >= 11 is 0. The van der Waals surface area contributed by atoms with E-state index in [1.165, 1.54) is 5.56 Å². The van der Waals surface area contributed by atoms with Gasteiger partial charge in [0.05, 0.1) is 0 Å². The summed E-state index contributed by atoms with van der Waals surface area (Å²) in [5.41, 5.74) is 5.60. The van der Waals surface area contributed by atoms with Gasteiger partial charge in [-0.25, -0.2) is 4.79 Å². The van der Waals surface area contributed by atoms with Crippen LogP contribution in [0.4, 0.5) is 4.79 Å². The molecule has 0 spiro atoms. The topological polar surface area (TPSA) is 84.7 Å². The zero-order valence-electron chi connectivity index (χ0n) is 15.4. The molecular formula is C19H29N3O3. The largest absolute Gasteiger partial charge is 0.444 e. The maximum absolute atomic E-state index is 12.2. The van der Waals surface area contributed by atoms with Gasteiger partial charge in [0.25, 0.3) is 0 Å². The van der Waals surface area contributed by atoms with Gasteiger partial charge in [0, 0.05) is 19.6 Å². The van der Waals surface area contributed by atoms with Gasteiger partial charge in [-0.1, -0.05) is 30.3 Å². The standard InChI is InChI=1S/C19H29N3O3/c1-18(2,3)25-17(24)22-13-10-19(11-14-22,16(20)23)21-12-9-15-7-5-4-6-8-15/h4-8,21H,9-14H2,1-3H3,(H2,20,23). The molecule has 3 N–H and O–H groups in total. The Morgan fingerprint density at radius 3 is 2.32 bits per heavy atom. The molecule has 1 saturated heterocycles.